The number of amides is 1. The van der Waals surface area contributed by atoms with Gasteiger partial charge in [0.15, 0.2) is 5.65 Å². The summed E-state index contributed by atoms with van der Waals surface area (Å²) in [5, 5.41) is 3.63. The highest BCUT2D eigenvalue weighted by molar-refractivity contribution is 8.00. The Morgan fingerprint density at radius 1 is 1.10 bits per heavy atom. The number of carbonyl (C=O) groups excluding carboxylic acids is 1. The Kier molecular flexibility index (Phi) is 6.22. The minimum absolute atomic E-state index is 0.120. The first-order valence-electron chi connectivity index (χ1n) is 10.4. The van der Waals surface area contributed by atoms with Crippen LogP contribution in [0.4, 0.5) is 0 Å². The van der Waals surface area contributed by atoms with Gasteiger partial charge in [0, 0.05) is 26.6 Å². The van der Waals surface area contributed by atoms with Gasteiger partial charge in [-0.15, -0.1) is 0 Å². The lowest BCUT2D eigenvalue weighted by molar-refractivity contribution is -0.118. The number of nitrogens with zero attached hydrogens (tertiary/aromatic N) is 4. The Balaban J connectivity index is 1.64. The Morgan fingerprint density at radius 3 is 2.52 bits per heavy atom. The Hall–Kier alpha value is -2.94. The zero-order valence-electron chi connectivity index (χ0n) is 17.6. The van der Waals surface area contributed by atoms with Gasteiger partial charge in [0.25, 0.3) is 5.56 Å². The quantitative estimate of drug-likeness (QED) is 0.466. The van der Waals surface area contributed by atoms with Crippen molar-refractivity contribution in [1.29, 1.82) is 0 Å². The van der Waals surface area contributed by atoms with Crippen LogP contribution in [0, 0.1) is 0 Å². The van der Waals surface area contributed by atoms with Crippen molar-refractivity contribution in [3.8, 4) is 0 Å². The van der Waals surface area contributed by atoms with Gasteiger partial charge in [0.1, 0.15) is 16.2 Å². The van der Waals surface area contributed by atoms with Crippen LogP contribution in [-0.2, 0) is 25.4 Å². The van der Waals surface area contributed by atoms with Crippen molar-refractivity contribution in [3.05, 3.63) is 62.6 Å². The molecule has 0 spiro atoms. The highest BCUT2D eigenvalue weighted by Crippen LogP contribution is 2.34. The first-order valence-corrected chi connectivity index (χ1v) is 11.4. The van der Waals surface area contributed by atoms with Crippen LogP contribution in [0.15, 0.2) is 44.9 Å². The number of thioether (sulfide) groups is 1. The van der Waals surface area contributed by atoms with Gasteiger partial charge in [-0.25, -0.2) is 14.8 Å². The fourth-order valence-electron chi connectivity index (χ4n) is 3.90. The van der Waals surface area contributed by atoms with Gasteiger partial charge < -0.3 is 5.32 Å². The third kappa shape index (κ3) is 4.41. The lowest BCUT2D eigenvalue weighted by atomic mass is 10.1. The number of aryl methyl sites for hydroxylation is 1. The molecule has 9 heteroatoms. The van der Waals surface area contributed by atoms with Crippen LogP contribution >= 0.6 is 11.8 Å². The number of benzene rings is 1. The molecule has 3 aromatic rings. The maximum Gasteiger partial charge on any atom is 0.332 e. The van der Waals surface area contributed by atoms with E-state index in [0.29, 0.717) is 23.0 Å². The van der Waals surface area contributed by atoms with Crippen molar-refractivity contribution in [2.75, 3.05) is 5.75 Å². The fraction of sp³-hybridized carbons (Fsp3) is 0.409. The lowest BCUT2D eigenvalue weighted by Crippen LogP contribution is -2.38. The molecule has 1 fully saturated rings. The molecule has 1 aliphatic rings. The van der Waals surface area contributed by atoms with Crippen LogP contribution in [0.5, 0.6) is 0 Å². The van der Waals surface area contributed by atoms with E-state index in [4.69, 9.17) is 0 Å². The van der Waals surface area contributed by atoms with Gasteiger partial charge in [0.2, 0.25) is 5.91 Å². The van der Waals surface area contributed by atoms with E-state index in [1.165, 1.54) is 23.4 Å². The predicted octanol–water partition coefficient (Wildman–Crippen LogP) is 2.09. The molecule has 162 valence electrons. The van der Waals surface area contributed by atoms with Crippen molar-refractivity contribution in [1.82, 2.24) is 24.4 Å². The van der Waals surface area contributed by atoms with Crippen LogP contribution in [0.25, 0.3) is 11.0 Å². The zero-order valence-corrected chi connectivity index (χ0v) is 18.4. The second-order valence-electron chi connectivity index (χ2n) is 7.82. The fourth-order valence-corrected chi connectivity index (χ4v) is 4.75. The first-order chi connectivity index (χ1) is 15.0. The highest BCUT2D eigenvalue weighted by atomic mass is 32.2. The molecule has 1 amide bonds. The van der Waals surface area contributed by atoms with E-state index < -0.39 is 11.2 Å². The molecule has 1 saturated carbocycles. The smallest absolute Gasteiger partial charge is 0.332 e. The van der Waals surface area contributed by atoms with Gasteiger partial charge in [-0.2, -0.15) is 0 Å². The van der Waals surface area contributed by atoms with Crippen molar-refractivity contribution >= 4 is 28.7 Å². The number of aromatic nitrogens is 4. The molecule has 31 heavy (non-hydrogen) atoms. The van der Waals surface area contributed by atoms with Crippen molar-refractivity contribution in [3.63, 3.8) is 0 Å². The van der Waals surface area contributed by atoms with Gasteiger partial charge in [-0.1, -0.05) is 54.9 Å². The van der Waals surface area contributed by atoms with Gasteiger partial charge in [-0.3, -0.25) is 18.7 Å². The van der Waals surface area contributed by atoms with Gasteiger partial charge >= 0.3 is 5.69 Å². The Labute approximate surface area is 183 Å². The summed E-state index contributed by atoms with van der Waals surface area (Å²) in [5.41, 5.74) is 0.478. The maximum absolute atomic E-state index is 12.9. The molecule has 4 rings (SSSR count). The molecular weight excluding hydrogens is 414 g/mol. The summed E-state index contributed by atoms with van der Waals surface area (Å²) in [4.78, 5) is 47.0. The summed E-state index contributed by atoms with van der Waals surface area (Å²) >= 11 is 1.21. The van der Waals surface area contributed by atoms with Crippen LogP contribution in [-0.4, -0.2) is 30.8 Å². The third-order valence-corrected chi connectivity index (χ3v) is 6.65. The largest absolute Gasteiger partial charge is 0.351 e. The van der Waals surface area contributed by atoms with E-state index >= 15 is 0 Å². The molecule has 0 radical (unpaired) electrons. The van der Waals surface area contributed by atoms with Crippen LogP contribution in [0.2, 0.25) is 0 Å². The molecule has 1 aliphatic carbocycles. The minimum atomic E-state index is -0.441. The van der Waals surface area contributed by atoms with Gasteiger partial charge in [-0.05, 0) is 18.4 Å². The number of carbonyl (C=O) groups is 1. The van der Waals surface area contributed by atoms with E-state index in [0.717, 1.165) is 35.8 Å². The summed E-state index contributed by atoms with van der Waals surface area (Å²) in [6, 6.07) is 9.67. The Bertz CT molecular complexity index is 1230. The maximum atomic E-state index is 12.9. The predicted molar refractivity (Wildman–Crippen MR) is 120 cm³/mol. The topological polar surface area (TPSA) is 98.9 Å². The van der Waals surface area contributed by atoms with E-state index in [2.05, 4.69) is 15.3 Å². The van der Waals surface area contributed by atoms with E-state index in [9.17, 15) is 14.4 Å². The molecular formula is C22H25N5O3S. The zero-order chi connectivity index (χ0) is 22.0. The number of fused-ring (bicyclic) bond motifs is 1. The second kappa shape index (κ2) is 9.05. The van der Waals surface area contributed by atoms with Crippen molar-refractivity contribution in [2.45, 2.75) is 43.2 Å². The summed E-state index contributed by atoms with van der Waals surface area (Å²) in [6.45, 7) is 0.439. The van der Waals surface area contributed by atoms with Crippen molar-refractivity contribution < 1.29 is 4.79 Å². The second-order valence-corrected chi connectivity index (χ2v) is 8.79. The summed E-state index contributed by atoms with van der Waals surface area (Å²) < 4.78 is 2.44. The van der Waals surface area contributed by atoms with Crippen LogP contribution in [0.3, 0.4) is 0 Å². The average molecular weight is 440 g/mol. The van der Waals surface area contributed by atoms with E-state index in [1.54, 1.807) is 7.05 Å². The average Bonchev–Trinajstić information content (AvgIpc) is 3.33. The number of hydrogen-bond donors (Lipinski definition) is 1. The standard InChI is InChI=1S/C22H25N5O3S/c1-26-19-17(21(29)27(2)22(26)30)20(25-18(24-19)15-10-6-7-11-15)31-13-16(28)23-12-14-8-4-3-5-9-14/h3-5,8-9,15H,6-7,10-13H2,1-2H3,(H,23,28). The minimum Gasteiger partial charge on any atom is -0.351 e. The van der Waals surface area contributed by atoms with Crippen LogP contribution < -0.4 is 16.6 Å². The van der Waals surface area contributed by atoms with E-state index in [1.807, 2.05) is 30.3 Å². The molecule has 0 saturated heterocycles. The number of nitrogens with one attached hydrogen (secondary N) is 1. The van der Waals surface area contributed by atoms with E-state index in [-0.39, 0.29) is 23.0 Å². The molecule has 8 nitrogen and oxygen atoms in total. The number of rotatable bonds is 6. The van der Waals surface area contributed by atoms with Crippen LogP contribution in [0.1, 0.15) is 43.0 Å². The lowest BCUT2D eigenvalue weighted by Gasteiger charge is -2.14. The SMILES string of the molecule is Cn1c(=O)c2c(SCC(=O)NCc3ccccc3)nc(C3CCCC3)nc2n(C)c1=O. The first kappa shape index (κ1) is 21.3. The summed E-state index contributed by atoms with van der Waals surface area (Å²) in [5.74, 6) is 0.842. The summed E-state index contributed by atoms with van der Waals surface area (Å²) in [7, 11) is 3.05. The molecule has 1 aromatic carbocycles. The molecule has 1 N–H and O–H groups in total. The van der Waals surface area contributed by atoms with Crippen molar-refractivity contribution in [2.24, 2.45) is 14.1 Å². The Morgan fingerprint density at radius 2 is 1.81 bits per heavy atom. The monoisotopic (exact) mass is 439 g/mol. The molecule has 0 unspecified atom stereocenters. The molecule has 0 atom stereocenters. The van der Waals surface area contributed by atoms with Gasteiger partial charge in [0.05, 0.1) is 5.75 Å². The molecule has 2 heterocycles. The number of hydrogen-bond acceptors (Lipinski definition) is 6. The highest BCUT2D eigenvalue weighted by Gasteiger charge is 2.24. The molecule has 0 aliphatic heterocycles. The summed E-state index contributed by atoms with van der Waals surface area (Å²) in [6.07, 6.45) is 4.22. The normalized spacial score (nSPS) is 14.3. The third-order valence-electron chi connectivity index (χ3n) is 5.68. The molecule has 2 aromatic heterocycles. The molecule has 0 bridgehead atoms.